The Bertz CT molecular complexity index is 658. The van der Waals surface area contributed by atoms with Crippen LogP contribution < -0.4 is 10.2 Å². The van der Waals surface area contributed by atoms with Crippen LogP contribution in [0.4, 0.5) is 5.95 Å². The quantitative estimate of drug-likeness (QED) is 0.671. The minimum atomic E-state index is 0.314. The lowest BCUT2D eigenvalue weighted by atomic mass is 10.3. The lowest BCUT2D eigenvalue weighted by Crippen LogP contribution is -2.13. The van der Waals surface area contributed by atoms with E-state index in [1.54, 1.807) is 16.7 Å². The summed E-state index contributed by atoms with van der Waals surface area (Å²) >= 11 is 7.07. The summed E-state index contributed by atoms with van der Waals surface area (Å²) in [6, 6.07) is 7.29. The second-order valence-corrected chi connectivity index (χ2v) is 5.13. The maximum Gasteiger partial charge on any atom is 0.241 e. The smallest absolute Gasteiger partial charge is 0.241 e. The average Bonchev–Trinajstić information content (AvgIpc) is 2.77. The van der Waals surface area contributed by atoms with Crippen LogP contribution in [-0.4, -0.2) is 14.7 Å². The molecule has 1 heterocycles. The van der Waals surface area contributed by atoms with E-state index in [1.807, 2.05) is 26.0 Å². The van der Waals surface area contributed by atoms with Crippen molar-refractivity contribution in [3.8, 4) is 5.69 Å². The van der Waals surface area contributed by atoms with E-state index in [0.29, 0.717) is 15.8 Å². The molecule has 2 aromatic rings. The fourth-order valence-corrected chi connectivity index (χ4v) is 2.17. The number of aromatic nitrogens is 2. The van der Waals surface area contributed by atoms with Gasteiger partial charge in [-0.25, -0.2) is 5.43 Å². The van der Waals surface area contributed by atoms with Crippen LogP contribution in [0.25, 0.3) is 5.69 Å². The summed E-state index contributed by atoms with van der Waals surface area (Å²) in [5, 5.41) is 12.7. The van der Waals surface area contributed by atoms with E-state index in [0.717, 1.165) is 29.4 Å². The Balaban J connectivity index is 2.41. The first-order valence-electron chi connectivity index (χ1n) is 5.80. The van der Waals surface area contributed by atoms with Crippen molar-refractivity contribution in [2.75, 3.05) is 5.43 Å². The van der Waals surface area contributed by atoms with Crippen LogP contribution in [0, 0.1) is 5.41 Å². The topological polar surface area (TPSA) is 66.1 Å². The molecule has 0 amide bonds. The molecule has 0 fully saturated rings. The Labute approximate surface area is 120 Å². The van der Waals surface area contributed by atoms with E-state index >= 15 is 0 Å². The number of hydrogen-bond acceptors (Lipinski definition) is 5. The monoisotopic (exact) mass is 295 g/mol. The summed E-state index contributed by atoms with van der Waals surface area (Å²) in [6.45, 7) is 3.97. The molecule has 0 radical (unpaired) electrons. The summed E-state index contributed by atoms with van der Waals surface area (Å²) in [5.41, 5.74) is 4.65. The van der Waals surface area contributed by atoms with Crippen molar-refractivity contribution >= 4 is 34.8 Å². The van der Waals surface area contributed by atoms with E-state index < -0.39 is 0 Å². The van der Waals surface area contributed by atoms with Crippen LogP contribution in [0.5, 0.6) is 0 Å². The molecule has 2 N–H and O–H groups in total. The molecular weight excluding hydrogens is 282 g/mol. The maximum absolute atomic E-state index is 7.92. The molecule has 0 bridgehead atoms. The third-order valence-electron chi connectivity index (χ3n) is 2.56. The standard InChI is InChI=1S/C12H14ClN5S/c1-3-8(2)15-16-12-17-19-11(14)18(12)10-6-4-5-9(13)7-10/h4-7,14H,3H2,1-2H3,(H,16,17)/b14-11?,15-8+. The third-order valence-corrected chi connectivity index (χ3v) is 3.41. The molecule has 2 rings (SSSR count). The molecule has 1 aromatic carbocycles. The van der Waals surface area contributed by atoms with Crippen molar-refractivity contribution in [3.63, 3.8) is 0 Å². The van der Waals surface area contributed by atoms with Crippen LogP contribution in [0.15, 0.2) is 29.4 Å². The molecule has 0 aliphatic carbocycles. The first-order valence-corrected chi connectivity index (χ1v) is 6.95. The first-order chi connectivity index (χ1) is 9.11. The van der Waals surface area contributed by atoms with Crippen LogP contribution in [-0.2, 0) is 0 Å². The zero-order chi connectivity index (χ0) is 13.8. The fourth-order valence-electron chi connectivity index (χ4n) is 1.41. The highest BCUT2D eigenvalue weighted by molar-refractivity contribution is 7.03. The highest BCUT2D eigenvalue weighted by atomic mass is 35.5. The van der Waals surface area contributed by atoms with Crippen LogP contribution in [0.1, 0.15) is 20.3 Å². The van der Waals surface area contributed by atoms with Crippen LogP contribution >= 0.6 is 23.1 Å². The number of benzene rings is 1. The summed E-state index contributed by atoms with van der Waals surface area (Å²) < 4.78 is 5.85. The molecular formula is C12H14ClN5S. The predicted octanol–water partition coefficient (Wildman–Crippen LogP) is 3.26. The summed E-state index contributed by atoms with van der Waals surface area (Å²) in [5.74, 6) is 0.519. The van der Waals surface area contributed by atoms with E-state index in [4.69, 9.17) is 17.0 Å². The van der Waals surface area contributed by atoms with Gasteiger partial charge < -0.3 is 0 Å². The zero-order valence-electron chi connectivity index (χ0n) is 10.6. The van der Waals surface area contributed by atoms with Gasteiger partial charge >= 0.3 is 0 Å². The van der Waals surface area contributed by atoms with Gasteiger partial charge in [0.25, 0.3) is 0 Å². The van der Waals surface area contributed by atoms with E-state index in [2.05, 4.69) is 14.9 Å². The van der Waals surface area contributed by atoms with Gasteiger partial charge in [-0.2, -0.15) is 9.47 Å². The molecule has 0 spiro atoms. The summed E-state index contributed by atoms with van der Waals surface area (Å²) in [6.07, 6.45) is 0.863. The second kappa shape index (κ2) is 5.99. The van der Waals surface area contributed by atoms with E-state index in [9.17, 15) is 0 Å². The third kappa shape index (κ3) is 3.21. The Morgan fingerprint density at radius 3 is 3.05 bits per heavy atom. The van der Waals surface area contributed by atoms with E-state index in [-0.39, 0.29) is 0 Å². The summed E-state index contributed by atoms with van der Waals surface area (Å²) in [4.78, 5) is 0.314. The summed E-state index contributed by atoms with van der Waals surface area (Å²) in [7, 11) is 0. The normalized spacial score (nSPS) is 11.6. The fraction of sp³-hybridized carbons (Fsp3) is 0.250. The van der Waals surface area contributed by atoms with Gasteiger partial charge in [0, 0.05) is 22.3 Å². The number of nitrogens with one attached hydrogen (secondary N) is 2. The lowest BCUT2D eigenvalue weighted by molar-refractivity contribution is 0.956. The highest BCUT2D eigenvalue weighted by Crippen LogP contribution is 2.17. The van der Waals surface area contributed by atoms with Crippen LogP contribution in [0.2, 0.25) is 5.02 Å². The number of hydrazone groups is 1. The average molecular weight is 296 g/mol. The molecule has 5 nitrogen and oxygen atoms in total. The van der Waals surface area contributed by atoms with Crippen molar-refractivity contribution in [1.29, 1.82) is 5.41 Å². The van der Waals surface area contributed by atoms with Gasteiger partial charge in [-0.05, 0) is 31.5 Å². The molecule has 1 aromatic heterocycles. The first kappa shape index (κ1) is 13.8. The number of anilines is 1. The molecule has 0 saturated carbocycles. The van der Waals surface area contributed by atoms with Gasteiger partial charge in [0.15, 0.2) is 0 Å². The molecule has 0 saturated heterocycles. The lowest BCUT2D eigenvalue weighted by Gasteiger charge is -2.07. The zero-order valence-corrected chi connectivity index (χ0v) is 12.2. The minimum absolute atomic E-state index is 0.314. The number of nitrogens with zero attached hydrogens (tertiary/aromatic N) is 3. The molecule has 0 atom stereocenters. The number of rotatable bonds is 4. The largest absolute Gasteiger partial charge is 0.273 e. The number of hydrogen-bond donors (Lipinski definition) is 2. The predicted molar refractivity (Wildman–Crippen MR) is 79.3 cm³/mol. The van der Waals surface area contributed by atoms with Crippen molar-refractivity contribution in [1.82, 2.24) is 8.94 Å². The molecule has 19 heavy (non-hydrogen) atoms. The SMILES string of the molecule is CC/C(C)=N/Nc1nsc(=N)n1-c1cccc(Cl)c1. The molecule has 100 valence electrons. The molecule has 7 heteroatoms. The molecule has 0 aliphatic heterocycles. The van der Waals surface area contributed by atoms with Crippen LogP contribution in [0.3, 0.4) is 0 Å². The van der Waals surface area contributed by atoms with Gasteiger partial charge in [-0.1, -0.05) is 24.6 Å². The van der Waals surface area contributed by atoms with Gasteiger partial charge in [0.05, 0.1) is 5.69 Å². The van der Waals surface area contributed by atoms with Gasteiger partial charge in [-0.3, -0.25) is 9.98 Å². The van der Waals surface area contributed by atoms with Gasteiger partial charge in [-0.15, -0.1) is 0 Å². The Hall–Kier alpha value is -1.66. The van der Waals surface area contributed by atoms with E-state index in [1.165, 1.54) is 0 Å². The van der Waals surface area contributed by atoms with Gasteiger partial charge in [0.2, 0.25) is 10.7 Å². The van der Waals surface area contributed by atoms with Crippen molar-refractivity contribution < 1.29 is 0 Å². The van der Waals surface area contributed by atoms with Crippen molar-refractivity contribution in [3.05, 3.63) is 34.1 Å². The highest BCUT2D eigenvalue weighted by Gasteiger charge is 2.08. The maximum atomic E-state index is 7.92. The minimum Gasteiger partial charge on any atom is -0.273 e. The van der Waals surface area contributed by atoms with Crippen molar-refractivity contribution in [2.24, 2.45) is 5.10 Å². The van der Waals surface area contributed by atoms with Crippen molar-refractivity contribution in [2.45, 2.75) is 20.3 Å². The Morgan fingerprint density at radius 2 is 2.37 bits per heavy atom. The second-order valence-electron chi connectivity index (χ2n) is 3.94. The molecule has 0 aliphatic rings. The number of halogens is 1. The molecule has 0 unspecified atom stereocenters. The Morgan fingerprint density at radius 1 is 1.58 bits per heavy atom. The van der Waals surface area contributed by atoms with Gasteiger partial charge in [0.1, 0.15) is 0 Å². The Kier molecular flexibility index (Phi) is 4.34.